The van der Waals surface area contributed by atoms with Crippen LogP contribution in [0.5, 0.6) is 0 Å². The lowest BCUT2D eigenvalue weighted by molar-refractivity contribution is -0.121. The molecule has 1 amide bonds. The number of nitrogens with two attached hydrogens (primary N) is 1. The maximum atomic E-state index is 12.3. The number of carbonyl (C=O) groups is 1. The number of hydrogen-bond donors (Lipinski definition) is 2. The first-order valence-electron chi connectivity index (χ1n) is 7.38. The molecule has 1 aliphatic rings. The van der Waals surface area contributed by atoms with Crippen LogP contribution < -0.4 is 11.1 Å². The van der Waals surface area contributed by atoms with Gasteiger partial charge in [0.05, 0.1) is 16.8 Å². The van der Waals surface area contributed by atoms with Crippen molar-refractivity contribution in [2.45, 2.75) is 39.7 Å². The van der Waals surface area contributed by atoms with Gasteiger partial charge in [-0.1, -0.05) is 25.4 Å². The number of nitrogen functional groups attached to an aromatic ring is 1. The lowest BCUT2D eigenvalue weighted by atomic mass is 9.82. The zero-order valence-corrected chi connectivity index (χ0v) is 13.7. The van der Waals surface area contributed by atoms with Crippen LogP contribution in [-0.4, -0.2) is 29.9 Å². The van der Waals surface area contributed by atoms with Gasteiger partial charge in [0.25, 0.3) is 0 Å². The van der Waals surface area contributed by atoms with Crippen molar-refractivity contribution >= 4 is 28.9 Å². The van der Waals surface area contributed by atoms with Crippen molar-refractivity contribution in [3.63, 3.8) is 0 Å². The topological polar surface area (TPSA) is 58.4 Å². The van der Waals surface area contributed by atoms with Gasteiger partial charge in [0, 0.05) is 5.69 Å². The predicted octanol–water partition coefficient (Wildman–Crippen LogP) is 3.37. The van der Waals surface area contributed by atoms with Gasteiger partial charge in [-0.05, 0) is 56.5 Å². The molecule has 0 aliphatic carbocycles. The minimum atomic E-state index is -0.141. The van der Waals surface area contributed by atoms with E-state index >= 15 is 0 Å². The van der Waals surface area contributed by atoms with Crippen LogP contribution in [0.25, 0.3) is 0 Å². The van der Waals surface area contributed by atoms with Crippen molar-refractivity contribution in [2.75, 3.05) is 24.1 Å². The fraction of sp³-hybridized carbons (Fsp3) is 0.562. The lowest BCUT2D eigenvalue weighted by Gasteiger charge is -2.39. The van der Waals surface area contributed by atoms with E-state index in [0.717, 1.165) is 25.9 Å². The number of piperidine rings is 1. The van der Waals surface area contributed by atoms with Gasteiger partial charge in [0.15, 0.2) is 0 Å². The highest BCUT2D eigenvalue weighted by Gasteiger charge is 2.30. The Labute approximate surface area is 131 Å². The molecule has 5 heteroatoms. The Morgan fingerprint density at radius 2 is 2.00 bits per heavy atom. The second-order valence-corrected chi connectivity index (χ2v) is 7.01. The molecular weight excluding hydrogens is 286 g/mol. The van der Waals surface area contributed by atoms with Gasteiger partial charge in [0.1, 0.15) is 0 Å². The Hall–Kier alpha value is -1.26. The summed E-state index contributed by atoms with van der Waals surface area (Å²) in [6.45, 7) is 8.44. The zero-order chi connectivity index (χ0) is 15.6. The second-order valence-electron chi connectivity index (χ2n) is 6.60. The Morgan fingerprint density at radius 1 is 1.38 bits per heavy atom. The number of hydrogen-bond acceptors (Lipinski definition) is 3. The van der Waals surface area contributed by atoms with Crippen molar-refractivity contribution in [1.29, 1.82) is 0 Å². The largest absolute Gasteiger partial charge is 0.397 e. The van der Waals surface area contributed by atoms with Crippen LogP contribution in [0.2, 0.25) is 5.02 Å². The summed E-state index contributed by atoms with van der Waals surface area (Å²) in [5, 5.41) is 3.41. The summed E-state index contributed by atoms with van der Waals surface area (Å²) in [5.74, 6) is -0.00331. The monoisotopic (exact) mass is 309 g/mol. The van der Waals surface area contributed by atoms with E-state index in [-0.39, 0.29) is 11.9 Å². The number of nitrogens with zero attached hydrogens (tertiary/aromatic N) is 1. The number of amides is 1. The molecule has 1 fully saturated rings. The summed E-state index contributed by atoms with van der Waals surface area (Å²) >= 11 is 5.88. The Kier molecular flexibility index (Phi) is 4.79. The van der Waals surface area contributed by atoms with Crippen molar-refractivity contribution in [3.8, 4) is 0 Å². The van der Waals surface area contributed by atoms with Crippen LogP contribution in [0.3, 0.4) is 0 Å². The zero-order valence-electron chi connectivity index (χ0n) is 12.9. The van der Waals surface area contributed by atoms with Gasteiger partial charge >= 0.3 is 0 Å². The minimum absolute atomic E-state index is 0.00331. The number of rotatable bonds is 3. The van der Waals surface area contributed by atoms with Crippen molar-refractivity contribution in [3.05, 3.63) is 23.2 Å². The molecule has 1 heterocycles. The standard InChI is InChI=1S/C16H24ClN3O/c1-11(20-8-6-16(2,3)7-9-20)15(21)19-12-4-5-13(17)14(18)10-12/h4-5,10-11H,6-9,18H2,1-3H3,(H,19,21). The summed E-state index contributed by atoms with van der Waals surface area (Å²) < 4.78 is 0. The molecule has 1 unspecified atom stereocenters. The fourth-order valence-corrected chi connectivity index (χ4v) is 2.67. The van der Waals surface area contributed by atoms with Crippen LogP contribution in [0.15, 0.2) is 18.2 Å². The number of nitrogens with one attached hydrogen (secondary N) is 1. The SMILES string of the molecule is CC(C(=O)Nc1ccc(Cl)c(N)c1)N1CCC(C)(C)CC1. The second kappa shape index (κ2) is 6.24. The molecule has 1 aromatic rings. The van der Waals surface area contributed by atoms with Gasteiger partial charge in [-0.3, -0.25) is 9.69 Å². The Morgan fingerprint density at radius 3 is 2.57 bits per heavy atom. The highest BCUT2D eigenvalue weighted by atomic mass is 35.5. The van der Waals surface area contributed by atoms with Crippen LogP contribution in [0.1, 0.15) is 33.6 Å². The number of halogens is 1. The van der Waals surface area contributed by atoms with E-state index in [9.17, 15) is 4.79 Å². The maximum Gasteiger partial charge on any atom is 0.241 e. The smallest absolute Gasteiger partial charge is 0.241 e. The van der Waals surface area contributed by atoms with Gasteiger partial charge < -0.3 is 11.1 Å². The molecule has 116 valence electrons. The predicted molar refractivity (Wildman–Crippen MR) is 88.5 cm³/mol. The van der Waals surface area contributed by atoms with Crippen LogP contribution in [-0.2, 0) is 4.79 Å². The minimum Gasteiger partial charge on any atom is -0.397 e. The molecule has 3 N–H and O–H groups in total. The third-order valence-electron chi connectivity index (χ3n) is 4.34. The van der Waals surface area contributed by atoms with Crippen molar-refractivity contribution in [1.82, 2.24) is 4.90 Å². The average Bonchev–Trinajstić information content (AvgIpc) is 2.42. The van der Waals surface area contributed by atoms with Gasteiger partial charge in [-0.2, -0.15) is 0 Å². The molecule has 2 rings (SSSR count). The molecule has 21 heavy (non-hydrogen) atoms. The molecule has 4 nitrogen and oxygen atoms in total. The summed E-state index contributed by atoms with van der Waals surface area (Å²) in [7, 11) is 0. The van der Waals surface area contributed by atoms with E-state index in [1.165, 1.54) is 0 Å². The molecule has 0 radical (unpaired) electrons. The number of benzene rings is 1. The number of carbonyl (C=O) groups excluding carboxylic acids is 1. The lowest BCUT2D eigenvalue weighted by Crippen LogP contribution is -2.47. The number of anilines is 2. The first kappa shape index (κ1) is 16.1. The molecule has 0 bridgehead atoms. The molecule has 1 aromatic carbocycles. The maximum absolute atomic E-state index is 12.3. The summed E-state index contributed by atoms with van der Waals surface area (Å²) in [5.41, 5.74) is 7.30. The molecular formula is C16H24ClN3O. The van der Waals surface area contributed by atoms with E-state index in [1.807, 2.05) is 6.92 Å². The third-order valence-corrected chi connectivity index (χ3v) is 4.69. The van der Waals surface area contributed by atoms with E-state index in [4.69, 9.17) is 17.3 Å². The van der Waals surface area contributed by atoms with E-state index in [0.29, 0.717) is 21.8 Å². The third kappa shape index (κ3) is 4.11. The van der Waals surface area contributed by atoms with Crippen LogP contribution >= 0.6 is 11.6 Å². The number of likely N-dealkylation sites (tertiary alicyclic amines) is 1. The highest BCUT2D eigenvalue weighted by molar-refractivity contribution is 6.33. The quantitative estimate of drug-likeness (QED) is 0.842. The van der Waals surface area contributed by atoms with Gasteiger partial charge in [-0.15, -0.1) is 0 Å². The molecule has 1 atom stereocenters. The fourth-order valence-electron chi connectivity index (χ4n) is 2.55. The molecule has 1 saturated heterocycles. The van der Waals surface area contributed by atoms with E-state index in [1.54, 1.807) is 18.2 Å². The average molecular weight is 310 g/mol. The normalized spacial score (nSPS) is 20.0. The Bertz CT molecular complexity index is 520. The molecule has 0 saturated carbocycles. The summed E-state index contributed by atoms with van der Waals surface area (Å²) in [6, 6.07) is 5.01. The van der Waals surface area contributed by atoms with E-state index in [2.05, 4.69) is 24.1 Å². The van der Waals surface area contributed by atoms with Gasteiger partial charge in [0.2, 0.25) is 5.91 Å². The van der Waals surface area contributed by atoms with E-state index < -0.39 is 0 Å². The van der Waals surface area contributed by atoms with Crippen molar-refractivity contribution < 1.29 is 4.79 Å². The van der Waals surface area contributed by atoms with Crippen molar-refractivity contribution in [2.24, 2.45) is 5.41 Å². The Balaban J connectivity index is 1.95. The molecule has 0 spiro atoms. The first-order valence-corrected chi connectivity index (χ1v) is 7.76. The highest BCUT2D eigenvalue weighted by Crippen LogP contribution is 2.30. The summed E-state index contributed by atoms with van der Waals surface area (Å²) in [4.78, 5) is 14.6. The first-order chi connectivity index (χ1) is 9.78. The summed E-state index contributed by atoms with van der Waals surface area (Å²) in [6.07, 6.45) is 2.25. The van der Waals surface area contributed by atoms with Gasteiger partial charge in [-0.25, -0.2) is 0 Å². The van der Waals surface area contributed by atoms with Crippen LogP contribution in [0.4, 0.5) is 11.4 Å². The van der Waals surface area contributed by atoms with Crippen LogP contribution in [0, 0.1) is 5.41 Å². The molecule has 0 aromatic heterocycles. The molecule has 1 aliphatic heterocycles.